The molecule has 11 heteroatoms. The van der Waals surface area contributed by atoms with Crippen LogP contribution in [0.4, 0.5) is 10.5 Å². The van der Waals surface area contributed by atoms with Gasteiger partial charge in [0, 0.05) is 28.8 Å². The number of hydrogen-bond acceptors (Lipinski definition) is 6. The molecule has 0 saturated heterocycles. The van der Waals surface area contributed by atoms with Gasteiger partial charge in [-0.3, -0.25) is 14.6 Å². The normalized spacial score (nSPS) is 19.6. The lowest BCUT2D eigenvalue weighted by atomic mass is 9.80. The second-order valence-corrected chi connectivity index (χ2v) is 11.5. The summed E-state index contributed by atoms with van der Waals surface area (Å²) in [6.07, 6.45) is 0.980. The number of aliphatic carboxylic acids is 2. The third kappa shape index (κ3) is 5.32. The number of nitrogens with one attached hydrogen (secondary N) is 1. The fourth-order valence-corrected chi connectivity index (χ4v) is 5.85. The zero-order valence-corrected chi connectivity index (χ0v) is 24.0. The summed E-state index contributed by atoms with van der Waals surface area (Å²) in [5.74, 6) is -0.899. The van der Waals surface area contributed by atoms with E-state index in [4.69, 9.17) is 14.5 Å². The minimum absolute atomic E-state index is 0. The zero-order chi connectivity index (χ0) is 28.3. The van der Waals surface area contributed by atoms with E-state index in [0.717, 1.165) is 44.4 Å². The van der Waals surface area contributed by atoms with Gasteiger partial charge in [-0.2, -0.15) is 0 Å². The Labute approximate surface area is 238 Å². The molecule has 0 aromatic heterocycles. The number of ether oxygens (including phenoxy) is 2. The van der Waals surface area contributed by atoms with Crippen molar-refractivity contribution in [3.8, 4) is 11.5 Å². The molecule has 0 aliphatic carbocycles. The van der Waals surface area contributed by atoms with Crippen molar-refractivity contribution in [2.75, 3.05) is 18.5 Å². The van der Waals surface area contributed by atoms with Crippen molar-refractivity contribution in [2.24, 2.45) is 4.99 Å². The van der Waals surface area contributed by atoms with E-state index in [0.29, 0.717) is 30.7 Å². The average molecular weight is 572 g/mol. The smallest absolute Gasteiger partial charge is 0.323 e. The first kappa shape index (κ1) is 29.2. The molecule has 0 saturated carbocycles. The Morgan fingerprint density at radius 3 is 2.52 bits per heavy atom. The molecule has 3 heterocycles. The molecule has 3 aliphatic rings. The number of carbonyl (C=O) groups excluding carboxylic acids is 1. The highest BCUT2D eigenvalue weighted by atomic mass is 35.5. The molecule has 1 unspecified atom stereocenters. The van der Waals surface area contributed by atoms with Gasteiger partial charge in [-0.25, -0.2) is 4.79 Å². The van der Waals surface area contributed by atoms with E-state index in [9.17, 15) is 24.6 Å². The van der Waals surface area contributed by atoms with Crippen LogP contribution >= 0.6 is 12.4 Å². The number of carboxylic acids is 2. The maximum atomic E-state index is 12.9. The number of benzene rings is 2. The minimum Gasteiger partial charge on any atom is -0.490 e. The lowest BCUT2D eigenvalue weighted by molar-refractivity contribution is -0.141. The van der Waals surface area contributed by atoms with Crippen LogP contribution in [0.2, 0.25) is 0 Å². The highest BCUT2D eigenvalue weighted by Crippen LogP contribution is 2.48. The van der Waals surface area contributed by atoms with E-state index >= 15 is 0 Å². The number of amides is 2. The van der Waals surface area contributed by atoms with Gasteiger partial charge in [-0.05, 0) is 64.3 Å². The number of carbonyl (C=O) groups is 3. The molecule has 40 heavy (non-hydrogen) atoms. The lowest BCUT2D eigenvalue weighted by Crippen LogP contribution is -2.45. The molecule has 3 N–H and O–H groups in total. The zero-order valence-electron chi connectivity index (χ0n) is 23.2. The van der Waals surface area contributed by atoms with E-state index in [1.165, 1.54) is 0 Å². The summed E-state index contributed by atoms with van der Waals surface area (Å²) in [5, 5.41) is 21.6. The molecular weight excluding hydrogens is 538 g/mol. The van der Waals surface area contributed by atoms with Crippen molar-refractivity contribution >= 4 is 41.8 Å². The number of hydrogen-bond donors (Lipinski definition) is 3. The third-order valence-electron chi connectivity index (χ3n) is 7.22. The number of carboxylic acid groups (broad SMARTS) is 2. The van der Waals surface area contributed by atoms with Crippen LogP contribution in [0.15, 0.2) is 29.3 Å². The summed E-state index contributed by atoms with van der Waals surface area (Å²) >= 11 is 0. The van der Waals surface area contributed by atoms with Crippen molar-refractivity contribution < 1.29 is 34.1 Å². The minimum atomic E-state index is -1.22. The number of aliphatic imine (C=N–C) groups is 1. The summed E-state index contributed by atoms with van der Waals surface area (Å²) in [7, 11) is 0. The van der Waals surface area contributed by atoms with Crippen molar-refractivity contribution in [1.82, 2.24) is 4.90 Å². The van der Waals surface area contributed by atoms with E-state index < -0.39 is 48.1 Å². The fourth-order valence-electron chi connectivity index (χ4n) is 5.85. The van der Waals surface area contributed by atoms with Crippen LogP contribution in [0.5, 0.6) is 11.5 Å². The molecule has 10 nitrogen and oxygen atoms in total. The molecule has 0 bridgehead atoms. The van der Waals surface area contributed by atoms with Gasteiger partial charge in [-0.1, -0.05) is 12.1 Å². The van der Waals surface area contributed by atoms with Gasteiger partial charge in [0.25, 0.3) is 0 Å². The second-order valence-electron chi connectivity index (χ2n) is 11.5. The lowest BCUT2D eigenvalue weighted by Gasteiger charge is -2.36. The average Bonchev–Trinajstić information content (AvgIpc) is 3.14. The first-order chi connectivity index (χ1) is 18.3. The van der Waals surface area contributed by atoms with Gasteiger partial charge in [0.1, 0.15) is 12.1 Å². The van der Waals surface area contributed by atoms with Crippen molar-refractivity contribution in [3.05, 3.63) is 52.1 Å². The summed E-state index contributed by atoms with van der Waals surface area (Å²) in [6, 6.07) is 5.89. The highest BCUT2D eigenvalue weighted by molar-refractivity contribution is 6.17. The van der Waals surface area contributed by atoms with E-state index in [-0.39, 0.29) is 12.4 Å². The predicted molar refractivity (Wildman–Crippen MR) is 151 cm³/mol. The molecule has 0 fully saturated rings. The van der Waals surface area contributed by atoms with Gasteiger partial charge < -0.3 is 29.9 Å². The van der Waals surface area contributed by atoms with Crippen LogP contribution in [-0.2, 0) is 22.4 Å². The van der Waals surface area contributed by atoms with Crippen molar-refractivity contribution in [1.29, 1.82) is 0 Å². The SMILES string of the molecule is CCOc1cc2c(c3c1OC(C)(C)C3)C(c1ccc3c(c1)NC(=O)N(CC(=O)O)C3CC(=O)O)=NC(C)(C)C2.Cl. The van der Waals surface area contributed by atoms with Crippen LogP contribution in [0, 0.1) is 0 Å². The molecule has 2 amide bonds. The maximum Gasteiger partial charge on any atom is 0.323 e. The van der Waals surface area contributed by atoms with Crippen LogP contribution in [0.25, 0.3) is 0 Å². The molecule has 214 valence electrons. The summed E-state index contributed by atoms with van der Waals surface area (Å²) in [4.78, 5) is 42.1. The quantitative estimate of drug-likeness (QED) is 0.432. The van der Waals surface area contributed by atoms with Gasteiger partial charge in [0.05, 0.1) is 30.3 Å². The standard InChI is InChI=1S/C29H33N3O7.ClH/c1-6-38-21-10-16-12-28(2,3)31-25(24(16)18-13-29(4,5)39-26(18)21)15-7-8-17-19(9-15)30-27(37)32(14-23(35)36)20(17)11-22(33)34;/h7-10,20H,6,11-14H2,1-5H3,(H,30,37)(H,33,34)(H,35,36);1H. The molecule has 2 aromatic carbocycles. The van der Waals surface area contributed by atoms with Crippen molar-refractivity contribution in [3.63, 3.8) is 0 Å². The number of rotatable bonds is 7. The molecule has 1 atom stereocenters. The Hall–Kier alpha value is -3.79. The molecule has 2 aromatic rings. The largest absolute Gasteiger partial charge is 0.490 e. The summed E-state index contributed by atoms with van der Waals surface area (Å²) in [5.41, 5.74) is 4.83. The number of halogens is 1. The Kier molecular flexibility index (Phi) is 7.53. The highest BCUT2D eigenvalue weighted by Gasteiger charge is 2.41. The monoisotopic (exact) mass is 571 g/mol. The third-order valence-corrected chi connectivity index (χ3v) is 7.22. The molecule has 5 rings (SSSR count). The van der Waals surface area contributed by atoms with E-state index in [1.54, 1.807) is 12.1 Å². The van der Waals surface area contributed by atoms with Gasteiger partial charge in [-0.15, -0.1) is 12.4 Å². The number of urea groups is 1. The number of fused-ring (bicyclic) bond motifs is 4. The first-order valence-electron chi connectivity index (χ1n) is 13.0. The van der Waals surface area contributed by atoms with E-state index in [2.05, 4.69) is 19.2 Å². The Morgan fingerprint density at radius 1 is 1.15 bits per heavy atom. The number of nitrogens with zero attached hydrogens (tertiary/aromatic N) is 2. The number of anilines is 1. The Balaban J connectivity index is 0.00000370. The first-order valence-corrected chi connectivity index (χ1v) is 13.0. The van der Waals surface area contributed by atoms with Gasteiger partial charge in [0.2, 0.25) is 0 Å². The van der Waals surface area contributed by atoms with Crippen LogP contribution in [0.3, 0.4) is 0 Å². The Morgan fingerprint density at radius 2 is 1.88 bits per heavy atom. The molecule has 0 spiro atoms. The fraction of sp³-hybridized carbons (Fsp3) is 0.448. The molecular formula is C29H34ClN3O7. The Bertz CT molecular complexity index is 1430. The van der Waals surface area contributed by atoms with Crippen LogP contribution < -0.4 is 14.8 Å². The van der Waals surface area contributed by atoms with Gasteiger partial charge >= 0.3 is 18.0 Å². The maximum absolute atomic E-state index is 12.9. The van der Waals surface area contributed by atoms with Gasteiger partial charge in [0.15, 0.2) is 11.5 Å². The van der Waals surface area contributed by atoms with Crippen LogP contribution in [0.1, 0.15) is 74.9 Å². The van der Waals surface area contributed by atoms with E-state index in [1.807, 2.05) is 32.9 Å². The summed E-state index contributed by atoms with van der Waals surface area (Å²) in [6.45, 7) is 10.1. The van der Waals surface area contributed by atoms with Crippen LogP contribution in [-0.4, -0.2) is 63.1 Å². The topological polar surface area (TPSA) is 138 Å². The predicted octanol–water partition coefficient (Wildman–Crippen LogP) is 4.84. The molecule has 3 aliphatic heterocycles. The molecule has 0 radical (unpaired) electrons. The van der Waals surface area contributed by atoms with Crippen molar-refractivity contribution in [2.45, 2.75) is 71.1 Å². The summed E-state index contributed by atoms with van der Waals surface area (Å²) < 4.78 is 12.3. The second kappa shape index (κ2) is 10.3.